The maximum atomic E-state index is 12.2. The van der Waals surface area contributed by atoms with Crippen LogP contribution < -0.4 is 9.49 Å². The van der Waals surface area contributed by atoms with Gasteiger partial charge in [-0.25, -0.2) is 0 Å². The summed E-state index contributed by atoms with van der Waals surface area (Å²) in [4.78, 5) is 12.2. The lowest BCUT2D eigenvalue weighted by atomic mass is 10.2. The minimum Gasteiger partial charge on any atom is -0.263 e. The van der Waals surface area contributed by atoms with E-state index in [-0.39, 0.29) is 5.91 Å². The van der Waals surface area contributed by atoms with E-state index in [4.69, 9.17) is 0 Å². The monoisotopic (exact) mass is 273 g/mol. The zero-order valence-corrected chi connectivity index (χ0v) is 11.6. The van der Waals surface area contributed by atoms with Gasteiger partial charge in [-0.05, 0) is 35.5 Å². The summed E-state index contributed by atoms with van der Waals surface area (Å²) < 4.78 is 1.94. The van der Waals surface area contributed by atoms with Crippen LogP contribution in [0.5, 0.6) is 0 Å². The molecular weight excluding hydrogens is 256 g/mol. The molecule has 0 radical (unpaired) electrons. The summed E-state index contributed by atoms with van der Waals surface area (Å²) in [7, 11) is 0. The molecule has 98 valence electrons. The molecule has 0 saturated heterocycles. The summed E-state index contributed by atoms with van der Waals surface area (Å²) in [5.41, 5.74) is 6.37. The van der Waals surface area contributed by atoms with E-state index in [0.717, 1.165) is 12.8 Å². The number of carbonyl (C=O) groups excluding carboxylic acids is 1. The summed E-state index contributed by atoms with van der Waals surface area (Å²) in [6, 6.07) is 9.36. The van der Waals surface area contributed by atoms with Gasteiger partial charge in [0.25, 0.3) is 0 Å². The van der Waals surface area contributed by atoms with E-state index in [1.807, 2.05) is 34.4 Å². The van der Waals surface area contributed by atoms with E-state index >= 15 is 0 Å². The minimum absolute atomic E-state index is 0.0421. The number of carbonyl (C=O) groups is 1. The molecule has 0 fully saturated rings. The molecule has 3 rings (SSSR count). The van der Waals surface area contributed by atoms with Gasteiger partial charge in [0.05, 0.1) is 5.38 Å². The molecule has 0 saturated carbocycles. The van der Waals surface area contributed by atoms with Crippen LogP contribution in [-0.4, -0.2) is 5.91 Å². The van der Waals surface area contributed by atoms with Crippen molar-refractivity contribution in [2.24, 2.45) is 0 Å². The second-order valence-electron chi connectivity index (χ2n) is 4.86. The molecule has 0 aliphatic heterocycles. The number of hydrogen-bond acceptors (Lipinski definition) is 2. The lowest BCUT2D eigenvalue weighted by molar-refractivity contribution is -0.578. The van der Waals surface area contributed by atoms with Gasteiger partial charge in [-0.3, -0.25) is 4.79 Å². The fourth-order valence-corrected chi connectivity index (χ4v) is 3.43. The molecule has 1 aromatic carbocycles. The third kappa shape index (κ3) is 2.68. The fourth-order valence-electron chi connectivity index (χ4n) is 2.47. The first-order valence-electron chi connectivity index (χ1n) is 6.73. The molecule has 1 heterocycles. The summed E-state index contributed by atoms with van der Waals surface area (Å²) >= 11 is 1.58. The Kier molecular flexibility index (Phi) is 3.60. The first-order valence-corrected chi connectivity index (χ1v) is 7.56. The highest BCUT2D eigenvalue weighted by molar-refractivity contribution is 6.99. The maximum absolute atomic E-state index is 12.2. The van der Waals surface area contributed by atoms with E-state index < -0.39 is 0 Å². The summed E-state index contributed by atoms with van der Waals surface area (Å²) in [6.07, 6.45) is 5.96. The first kappa shape index (κ1) is 12.4. The molecule has 0 spiro atoms. The Morgan fingerprint density at radius 2 is 1.89 bits per heavy atom. The summed E-state index contributed by atoms with van der Waals surface area (Å²) in [5.74, 6) is -0.0421. The third-order valence-electron chi connectivity index (χ3n) is 3.51. The topological polar surface area (TPSA) is 33.0 Å². The zero-order valence-electron chi connectivity index (χ0n) is 10.8. The molecule has 19 heavy (non-hydrogen) atoms. The molecule has 1 N–H and O–H groups in total. The normalized spacial score (nSPS) is 14.5. The Labute approximate surface area is 117 Å². The summed E-state index contributed by atoms with van der Waals surface area (Å²) in [6.45, 7) is 0. The lowest BCUT2D eigenvalue weighted by Gasteiger charge is -1.99. The van der Waals surface area contributed by atoms with Gasteiger partial charge in [0.1, 0.15) is 0 Å². The van der Waals surface area contributed by atoms with Gasteiger partial charge in [-0.2, -0.15) is 0 Å². The number of fused-ring (bicyclic) bond motifs is 1. The van der Waals surface area contributed by atoms with Crippen molar-refractivity contribution >= 4 is 17.4 Å². The molecule has 4 heteroatoms. The Bertz CT molecular complexity index is 577. The largest absolute Gasteiger partial charge is 0.306 e. The van der Waals surface area contributed by atoms with Crippen molar-refractivity contribution in [2.45, 2.75) is 32.1 Å². The summed E-state index contributed by atoms with van der Waals surface area (Å²) in [5, 5.41) is 2.17. The number of nitrogens with zero attached hydrogens (tertiary/aromatic N) is 1. The van der Waals surface area contributed by atoms with Crippen molar-refractivity contribution in [1.82, 2.24) is 0 Å². The molecule has 1 amide bonds. The Morgan fingerprint density at radius 1 is 1.11 bits per heavy atom. The van der Waals surface area contributed by atoms with Crippen molar-refractivity contribution in [2.75, 3.05) is 5.43 Å². The SMILES string of the molecule is O=C(N[n+]1scc2c1CCCCC2)c1ccccc1. The molecule has 1 aliphatic rings. The third-order valence-corrected chi connectivity index (χ3v) is 4.43. The number of nitrogens with one attached hydrogen (secondary N) is 1. The van der Waals surface area contributed by atoms with Crippen molar-refractivity contribution in [3.63, 3.8) is 0 Å². The first-order chi connectivity index (χ1) is 9.34. The lowest BCUT2D eigenvalue weighted by Crippen LogP contribution is -2.48. The van der Waals surface area contributed by atoms with Crippen LogP contribution in [0.4, 0.5) is 0 Å². The molecule has 1 aromatic heterocycles. The van der Waals surface area contributed by atoms with Gasteiger partial charge in [0.2, 0.25) is 5.69 Å². The second-order valence-corrected chi connectivity index (χ2v) is 5.67. The van der Waals surface area contributed by atoms with Gasteiger partial charge in [0.15, 0.2) is 11.5 Å². The van der Waals surface area contributed by atoms with Crippen LogP contribution in [0, 0.1) is 0 Å². The van der Waals surface area contributed by atoms with E-state index in [2.05, 4.69) is 10.8 Å². The van der Waals surface area contributed by atoms with Gasteiger partial charge < -0.3 is 0 Å². The van der Waals surface area contributed by atoms with E-state index in [0.29, 0.717) is 5.56 Å². The highest BCUT2D eigenvalue weighted by atomic mass is 32.1. The van der Waals surface area contributed by atoms with Crippen LogP contribution >= 0.6 is 11.5 Å². The minimum atomic E-state index is -0.0421. The molecule has 3 nitrogen and oxygen atoms in total. The van der Waals surface area contributed by atoms with Crippen molar-refractivity contribution < 1.29 is 8.86 Å². The number of hydrogen-bond donors (Lipinski definition) is 1. The smallest absolute Gasteiger partial charge is 0.263 e. The number of amides is 1. The molecule has 2 aromatic rings. The molecule has 1 aliphatic carbocycles. The molecular formula is C15H17N2OS+. The number of aryl methyl sites for hydroxylation is 1. The van der Waals surface area contributed by atoms with Crippen LogP contribution in [0.25, 0.3) is 0 Å². The average molecular weight is 273 g/mol. The highest BCUT2D eigenvalue weighted by Gasteiger charge is 2.24. The molecule has 0 unspecified atom stereocenters. The van der Waals surface area contributed by atoms with Gasteiger partial charge in [-0.15, -0.1) is 5.43 Å². The van der Waals surface area contributed by atoms with Crippen molar-refractivity contribution in [3.8, 4) is 0 Å². The zero-order chi connectivity index (χ0) is 13.1. The van der Waals surface area contributed by atoms with Crippen LogP contribution in [0.2, 0.25) is 0 Å². The Hall–Kier alpha value is -1.68. The number of aromatic nitrogens is 1. The maximum Gasteiger partial charge on any atom is 0.306 e. The van der Waals surface area contributed by atoms with E-state index in [1.54, 1.807) is 11.5 Å². The van der Waals surface area contributed by atoms with E-state index in [9.17, 15) is 4.79 Å². The molecule has 0 atom stereocenters. The number of rotatable bonds is 2. The van der Waals surface area contributed by atoms with E-state index in [1.165, 1.54) is 30.5 Å². The van der Waals surface area contributed by atoms with Crippen LogP contribution in [-0.2, 0) is 12.8 Å². The van der Waals surface area contributed by atoms with Gasteiger partial charge >= 0.3 is 5.91 Å². The Morgan fingerprint density at radius 3 is 2.74 bits per heavy atom. The van der Waals surface area contributed by atoms with Crippen molar-refractivity contribution in [3.05, 3.63) is 52.5 Å². The standard InChI is InChI=1S/C15H16N2OS/c18-15(12-7-3-1-4-8-12)16-17-14-10-6-2-5-9-13(14)11-19-17/h1,3-4,7-8,11H,2,5-6,9-10H2/p+1. The van der Waals surface area contributed by atoms with Crippen LogP contribution in [0.1, 0.15) is 40.9 Å². The van der Waals surface area contributed by atoms with Gasteiger partial charge in [0, 0.05) is 17.5 Å². The van der Waals surface area contributed by atoms with Crippen LogP contribution in [0.15, 0.2) is 35.7 Å². The average Bonchev–Trinajstić information content (AvgIpc) is 2.68. The highest BCUT2D eigenvalue weighted by Crippen LogP contribution is 2.19. The predicted octanol–water partition coefficient (Wildman–Crippen LogP) is 2.69. The predicted molar refractivity (Wildman–Crippen MR) is 75.9 cm³/mol. The Balaban J connectivity index is 1.81. The fraction of sp³-hybridized carbons (Fsp3) is 0.333. The molecule has 0 bridgehead atoms. The number of benzene rings is 1. The quantitative estimate of drug-likeness (QED) is 0.662. The van der Waals surface area contributed by atoms with Crippen LogP contribution in [0.3, 0.4) is 0 Å². The second kappa shape index (κ2) is 5.53. The van der Waals surface area contributed by atoms with Crippen molar-refractivity contribution in [1.29, 1.82) is 0 Å². The van der Waals surface area contributed by atoms with Gasteiger partial charge in [-0.1, -0.05) is 24.6 Å².